The van der Waals surface area contributed by atoms with E-state index in [1.807, 2.05) is 6.07 Å². The summed E-state index contributed by atoms with van der Waals surface area (Å²) in [4.78, 5) is 11.1. The van der Waals surface area contributed by atoms with E-state index in [0.29, 0.717) is 22.5 Å². The Morgan fingerprint density at radius 2 is 1.78 bits per heavy atom. The molecule has 3 aromatic rings. The van der Waals surface area contributed by atoms with Crippen LogP contribution in [0.4, 0.5) is 4.39 Å². The predicted molar refractivity (Wildman–Crippen MR) is 80.0 cm³/mol. The standard InChI is InChI=1S/C16H10FN5O/c17-12-5-1-10(2-6-12)15-14(9-18)20-21-22(15)13-7-3-11(4-8-13)16(19)23/h1-8H,(H2,19,23). The summed E-state index contributed by atoms with van der Waals surface area (Å²) in [6.07, 6.45) is 0. The van der Waals surface area contributed by atoms with Gasteiger partial charge < -0.3 is 5.73 Å². The summed E-state index contributed by atoms with van der Waals surface area (Å²) in [6, 6.07) is 14.0. The molecule has 3 rings (SSSR count). The van der Waals surface area contributed by atoms with E-state index >= 15 is 0 Å². The van der Waals surface area contributed by atoms with Gasteiger partial charge in [0.1, 0.15) is 17.6 Å². The molecular formula is C16H10FN5O. The number of hydrogen-bond donors (Lipinski definition) is 1. The summed E-state index contributed by atoms with van der Waals surface area (Å²) in [6.45, 7) is 0. The molecule has 2 N–H and O–H groups in total. The molecular weight excluding hydrogens is 297 g/mol. The average molecular weight is 307 g/mol. The number of benzene rings is 2. The van der Waals surface area contributed by atoms with Crippen LogP contribution in [0.15, 0.2) is 48.5 Å². The molecule has 0 radical (unpaired) electrons. The quantitative estimate of drug-likeness (QED) is 0.800. The van der Waals surface area contributed by atoms with Gasteiger partial charge in [-0.15, -0.1) is 5.10 Å². The molecule has 0 atom stereocenters. The van der Waals surface area contributed by atoms with Crippen molar-refractivity contribution in [2.75, 3.05) is 0 Å². The normalized spacial score (nSPS) is 10.3. The third kappa shape index (κ3) is 2.65. The first kappa shape index (κ1) is 14.4. The van der Waals surface area contributed by atoms with Crippen molar-refractivity contribution in [2.24, 2.45) is 5.73 Å². The van der Waals surface area contributed by atoms with E-state index in [9.17, 15) is 14.4 Å². The molecule has 1 aromatic heterocycles. The number of hydrogen-bond acceptors (Lipinski definition) is 4. The van der Waals surface area contributed by atoms with Crippen molar-refractivity contribution in [3.05, 3.63) is 65.6 Å². The maximum absolute atomic E-state index is 13.1. The highest BCUT2D eigenvalue weighted by molar-refractivity contribution is 5.92. The summed E-state index contributed by atoms with van der Waals surface area (Å²) >= 11 is 0. The Hall–Kier alpha value is -3.53. The molecule has 0 spiro atoms. The van der Waals surface area contributed by atoms with Gasteiger partial charge in [0.25, 0.3) is 0 Å². The predicted octanol–water partition coefficient (Wildman–Crippen LogP) is 2.04. The van der Waals surface area contributed by atoms with Gasteiger partial charge in [0.05, 0.1) is 5.69 Å². The van der Waals surface area contributed by atoms with Crippen LogP contribution in [0.25, 0.3) is 16.9 Å². The zero-order valence-corrected chi connectivity index (χ0v) is 11.8. The first-order valence-corrected chi connectivity index (χ1v) is 6.62. The Kier molecular flexibility index (Phi) is 3.57. The Balaban J connectivity index is 2.13. The summed E-state index contributed by atoms with van der Waals surface area (Å²) in [7, 11) is 0. The fourth-order valence-electron chi connectivity index (χ4n) is 2.17. The molecule has 1 amide bonds. The van der Waals surface area contributed by atoms with E-state index in [-0.39, 0.29) is 11.5 Å². The Labute approximate surface area is 130 Å². The van der Waals surface area contributed by atoms with Gasteiger partial charge in [0.2, 0.25) is 5.91 Å². The number of primary amides is 1. The summed E-state index contributed by atoms with van der Waals surface area (Å²) in [5, 5.41) is 17.0. The minimum atomic E-state index is -0.536. The maximum Gasteiger partial charge on any atom is 0.248 e. The van der Waals surface area contributed by atoms with Crippen molar-refractivity contribution in [2.45, 2.75) is 0 Å². The van der Waals surface area contributed by atoms with Gasteiger partial charge in [-0.1, -0.05) is 5.21 Å². The van der Waals surface area contributed by atoms with Crippen LogP contribution in [0.5, 0.6) is 0 Å². The molecule has 1 heterocycles. The van der Waals surface area contributed by atoms with Crippen molar-refractivity contribution in [3.8, 4) is 23.0 Å². The van der Waals surface area contributed by atoms with Gasteiger partial charge in [0, 0.05) is 11.1 Å². The molecule has 0 bridgehead atoms. The summed E-state index contributed by atoms with van der Waals surface area (Å²) in [5.41, 5.74) is 7.34. The number of amides is 1. The van der Waals surface area contributed by atoms with Gasteiger partial charge in [-0.2, -0.15) is 5.26 Å². The summed E-state index contributed by atoms with van der Waals surface area (Å²) in [5.74, 6) is -0.913. The van der Waals surface area contributed by atoms with Crippen molar-refractivity contribution in [1.29, 1.82) is 5.26 Å². The van der Waals surface area contributed by atoms with Crippen LogP contribution in [0.1, 0.15) is 16.1 Å². The third-order valence-electron chi connectivity index (χ3n) is 3.29. The molecule has 23 heavy (non-hydrogen) atoms. The van der Waals surface area contributed by atoms with Crippen LogP contribution in [0, 0.1) is 17.1 Å². The number of nitrogens with zero attached hydrogens (tertiary/aromatic N) is 4. The zero-order valence-electron chi connectivity index (χ0n) is 11.8. The second-order valence-electron chi connectivity index (χ2n) is 4.73. The first-order chi connectivity index (χ1) is 11.1. The number of rotatable bonds is 3. The average Bonchev–Trinajstić information content (AvgIpc) is 2.99. The van der Waals surface area contributed by atoms with E-state index in [4.69, 9.17) is 5.73 Å². The monoisotopic (exact) mass is 307 g/mol. The lowest BCUT2D eigenvalue weighted by Crippen LogP contribution is -2.11. The number of aromatic nitrogens is 3. The minimum absolute atomic E-state index is 0.121. The number of carbonyl (C=O) groups excluding carboxylic acids is 1. The highest BCUT2D eigenvalue weighted by Crippen LogP contribution is 2.25. The molecule has 0 saturated carbocycles. The van der Waals surface area contributed by atoms with Crippen molar-refractivity contribution >= 4 is 5.91 Å². The third-order valence-corrected chi connectivity index (χ3v) is 3.29. The molecule has 112 valence electrons. The number of halogens is 1. The lowest BCUT2D eigenvalue weighted by Gasteiger charge is -2.07. The van der Waals surface area contributed by atoms with E-state index in [0.717, 1.165) is 0 Å². The molecule has 6 nitrogen and oxygen atoms in total. The smallest absolute Gasteiger partial charge is 0.248 e. The molecule has 0 aliphatic rings. The first-order valence-electron chi connectivity index (χ1n) is 6.62. The fourth-order valence-corrected chi connectivity index (χ4v) is 2.17. The number of carbonyl (C=O) groups is 1. The SMILES string of the molecule is N#Cc1nnn(-c2ccc(C(N)=O)cc2)c1-c1ccc(F)cc1. The topological polar surface area (TPSA) is 97.6 Å². The van der Waals surface area contributed by atoms with Gasteiger partial charge in [-0.05, 0) is 48.5 Å². The van der Waals surface area contributed by atoms with Gasteiger partial charge in [-0.25, -0.2) is 9.07 Å². The van der Waals surface area contributed by atoms with Crippen LogP contribution in [0.2, 0.25) is 0 Å². The minimum Gasteiger partial charge on any atom is -0.366 e. The second-order valence-corrected chi connectivity index (χ2v) is 4.73. The lowest BCUT2D eigenvalue weighted by atomic mass is 10.1. The Bertz CT molecular complexity index is 907. The highest BCUT2D eigenvalue weighted by Gasteiger charge is 2.16. The van der Waals surface area contributed by atoms with Crippen molar-refractivity contribution in [1.82, 2.24) is 15.0 Å². The van der Waals surface area contributed by atoms with E-state index < -0.39 is 5.91 Å². The van der Waals surface area contributed by atoms with Crippen LogP contribution < -0.4 is 5.73 Å². The fraction of sp³-hybridized carbons (Fsp3) is 0. The number of nitrogens with two attached hydrogens (primary N) is 1. The van der Waals surface area contributed by atoms with Crippen LogP contribution in [-0.2, 0) is 0 Å². The van der Waals surface area contributed by atoms with E-state index in [1.165, 1.54) is 16.8 Å². The molecule has 7 heteroatoms. The van der Waals surface area contributed by atoms with Crippen LogP contribution in [-0.4, -0.2) is 20.9 Å². The number of nitriles is 1. The highest BCUT2D eigenvalue weighted by atomic mass is 19.1. The van der Waals surface area contributed by atoms with Crippen molar-refractivity contribution in [3.63, 3.8) is 0 Å². The molecule has 0 aliphatic carbocycles. The van der Waals surface area contributed by atoms with Gasteiger partial charge >= 0.3 is 0 Å². The second kappa shape index (κ2) is 5.69. The Morgan fingerprint density at radius 1 is 1.13 bits per heavy atom. The molecule has 0 unspecified atom stereocenters. The molecule has 0 saturated heterocycles. The molecule has 2 aromatic carbocycles. The van der Waals surface area contributed by atoms with Gasteiger partial charge in [-0.3, -0.25) is 4.79 Å². The van der Waals surface area contributed by atoms with E-state index in [1.54, 1.807) is 36.4 Å². The van der Waals surface area contributed by atoms with Gasteiger partial charge in [0.15, 0.2) is 5.69 Å². The summed E-state index contributed by atoms with van der Waals surface area (Å²) < 4.78 is 14.6. The van der Waals surface area contributed by atoms with Crippen LogP contribution in [0.3, 0.4) is 0 Å². The van der Waals surface area contributed by atoms with E-state index in [2.05, 4.69) is 10.3 Å². The maximum atomic E-state index is 13.1. The van der Waals surface area contributed by atoms with Crippen molar-refractivity contribution < 1.29 is 9.18 Å². The molecule has 0 fully saturated rings. The Morgan fingerprint density at radius 3 is 2.35 bits per heavy atom. The largest absolute Gasteiger partial charge is 0.366 e. The van der Waals surface area contributed by atoms with Crippen LogP contribution >= 0.6 is 0 Å². The lowest BCUT2D eigenvalue weighted by molar-refractivity contribution is 0.100. The molecule has 0 aliphatic heterocycles. The zero-order chi connectivity index (χ0) is 16.4.